The van der Waals surface area contributed by atoms with Gasteiger partial charge >= 0.3 is 0 Å². The molecule has 10 atom stereocenters. The first-order valence-electron chi connectivity index (χ1n) is 17.0. The van der Waals surface area contributed by atoms with Gasteiger partial charge in [-0.2, -0.15) is 33.7 Å². The molecular weight excluding hydrogens is 731 g/mol. The van der Waals surface area contributed by atoms with Gasteiger partial charge in [-0.3, -0.25) is 18.2 Å². The minimum absolute atomic E-state index is 0.00629. The lowest BCUT2D eigenvalue weighted by Gasteiger charge is -2.45. The van der Waals surface area contributed by atoms with Crippen molar-refractivity contribution in [2.45, 2.75) is 141 Å². The van der Waals surface area contributed by atoms with E-state index in [1.807, 2.05) is 0 Å². The van der Waals surface area contributed by atoms with Crippen LogP contribution in [0.1, 0.15) is 110 Å². The quantitative estimate of drug-likeness (QED) is 0.0896. The van der Waals surface area contributed by atoms with E-state index in [4.69, 9.17) is 0 Å². The lowest BCUT2D eigenvalue weighted by atomic mass is 9.76. The van der Waals surface area contributed by atoms with Crippen LogP contribution in [0.2, 0.25) is 0 Å². The van der Waals surface area contributed by atoms with Gasteiger partial charge in [-0.15, -0.1) is 17.2 Å². The van der Waals surface area contributed by atoms with Gasteiger partial charge in [0.25, 0.3) is 40.5 Å². The standard InChI is InChI=1S/C29H54O12P2S4/c1-3-28(20-6-10-24(16-20)44(30,31)32,21-7-11-25(17-21)45(33,34)35)42-14-5-15-43-29(4-2,22-8-12-26(18-22)46(36,37)38)23-9-13-27(19-23)47(39,40)41/h20-27,42-43H,3-19H2,1-2H3,(H,30,31,32)(H,33,34,35)(H,36,37,38)(H,39,40,41). The van der Waals surface area contributed by atoms with Gasteiger partial charge in [-0.05, 0) is 143 Å². The van der Waals surface area contributed by atoms with E-state index in [0.29, 0.717) is 94.2 Å². The topological polar surface area (TPSA) is 217 Å². The molecule has 0 amide bonds. The highest BCUT2D eigenvalue weighted by molar-refractivity contribution is 7.87. The van der Waals surface area contributed by atoms with Crippen molar-refractivity contribution in [3.63, 3.8) is 0 Å². The van der Waals surface area contributed by atoms with Crippen LogP contribution in [0.4, 0.5) is 0 Å². The SMILES string of the molecule is CCC(PCCCPC(CC)(C1CCC(S(=O)(=O)O)C1)C1CCC(S(=O)(=O)O)C1)(C1CCC(S(=O)(=O)O)C1)C1CCC(S(=O)(=O)O)C1. The maximum Gasteiger partial charge on any atom is 0.267 e. The molecule has 4 fully saturated rings. The molecule has 0 spiro atoms. The van der Waals surface area contributed by atoms with Crippen LogP contribution in [0, 0.1) is 23.7 Å². The largest absolute Gasteiger partial charge is 0.285 e. The zero-order chi connectivity index (χ0) is 35.1. The predicted molar refractivity (Wildman–Crippen MR) is 188 cm³/mol. The average molecular weight is 785 g/mol. The van der Waals surface area contributed by atoms with E-state index < -0.39 is 61.5 Å². The Morgan fingerprint density at radius 1 is 0.468 bits per heavy atom. The molecule has 0 aromatic carbocycles. The van der Waals surface area contributed by atoms with Crippen molar-refractivity contribution in [1.82, 2.24) is 0 Å². The summed E-state index contributed by atoms with van der Waals surface area (Å²) in [7, 11) is -15.9. The van der Waals surface area contributed by atoms with E-state index in [-0.39, 0.29) is 34.0 Å². The Labute approximate surface area is 285 Å². The summed E-state index contributed by atoms with van der Waals surface area (Å²) in [5, 5.41) is -3.94. The minimum Gasteiger partial charge on any atom is -0.285 e. The van der Waals surface area contributed by atoms with E-state index in [2.05, 4.69) is 13.8 Å². The molecule has 4 aliphatic rings. The Morgan fingerprint density at radius 2 is 0.702 bits per heavy atom. The predicted octanol–water partition coefficient (Wildman–Crippen LogP) is 5.26. The van der Waals surface area contributed by atoms with Crippen LogP contribution in [-0.2, 0) is 40.5 Å². The molecule has 0 aromatic rings. The van der Waals surface area contributed by atoms with Gasteiger partial charge in [0.15, 0.2) is 0 Å². The first-order chi connectivity index (χ1) is 21.7. The highest BCUT2D eigenvalue weighted by Crippen LogP contribution is 2.60. The molecule has 0 radical (unpaired) electrons. The van der Waals surface area contributed by atoms with Crippen LogP contribution >= 0.6 is 17.2 Å². The maximum absolute atomic E-state index is 12.0. The molecule has 4 N–H and O–H groups in total. The highest BCUT2D eigenvalue weighted by Gasteiger charge is 2.53. The molecular formula is C29H54O12P2S4. The van der Waals surface area contributed by atoms with Crippen LogP contribution in [-0.4, -0.2) is 95.5 Å². The Bertz CT molecular complexity index is 1320. The van der Waals surface area contributed by atoms with Gasteiger partial charge in [-0.1, -0.05) is 13.8 Å². The smallest absolute Gasteiger partial charge is 0.267 e. The normalized spacial score (nSPS) is 35.7. The summed E-state index contributed by atoms with van der Waals surface area (Å²) in [4.78, 5) is 0. The van der Waals surface area contributed by atoms with Crippen molar-refractivity contribution in [3.8, 4) is 0 Å². The van der Waals surface area contributed by atoms with Gasteiger partial charge in [0, 0.05) is 0 Å². The van der Waals surface area contributed by atoms with Gasteiger partial charge in [0.2, 0.25) is 0 Å². The third-order valence-corrected chi connectivity index (χ3v) is 22.5. The van der Waals surface area contributed by atoms with Crippen molar-refractivity contribution >= 4 is 57.6 Å². The Balaban J connectivity index is 1.51. The molecule has 18 heteroatoms. The van der Waals surface area contributed by atoms with Gasteiger partial charge in [0.05, 0.1) is 21.0 Å². The Kier molecular flexibility index (Phi) is 13.1. The van der Waals surface area contributed by atoms with Crippen molar-refractivity contribution in [2.24, 2.45) is 23.7 Å². The molecule has 4 saturated carbocycles. The van der Waals surface area contributed by atoms with E-state index in [0.717, 1.165) is 31.6 Å². The zero-order valence-corrected chi connectivity index (χ0v) is 32.6. The monoisotopic (exact) mass is 784 g/mol. The highest BCUT2D eigenvalue weighted by atomic mass is 32.2. The second kappa shape index (κ2) is 15.2. The maximum atomic E-state index is 12.0. The van der Waals surface area contributed by atoms with Crippen molar-refractivity contribution < 1.29 is 51.9 Å². The average Bonchev–Trinajstić information content (AvgIpc) is 3.78. The van der Waals surface area contributed by atoms with Crippen LogP contribution in [0.15, 0.2) is 0 Å². The molecule has 0 saturated heterocycles. The summed E-state index contributed by atoms with van der Waals surface area (Å²) in [6.45, 7) is 4.13. The van der Waals surface area contributed by atoms with E-state index in [1.54, 1.807) is 0 Å². The first kappa shape index (κ1) is 40.3. The summed E-state index contributed by atoms with van der Waals surface area (Å²) in [6.07, 6.45) is 9.28. The van der Waals surface area contributed by atoms with Gasteiger partial charge in [0.1, 0.15) is 0 Å². The lowest BCUT2D eigenvalue weighted by molar-refractivity contribution is 0.259. The van der Waals surface area contributed by atoms with Crippen LogP contribution in [0.5, 0.6) is 0 Å². The number of hydrogen-bond donors (Lipinski definition) is 4. The first-order valence-corrected chi connectivity index (χ1v) is 25.4. The molecule has 47 heavy (non-hydrogen) atoms. The molecule has 4 aliphatic carbocycles. The van der Waals surface area contributed by atoms with E-state index in [1.165, 1.54) is 0 Å². The lowest BCUT2D eigenvalue weighted by Crippen LogP contribution is -2.41. The molecule has 4 rings (SSSR count). The van der Waals surface area contributed by atoms with E-state index in [9.17, 15) is 51.9 Å². The summed E-state index contributed by atoms with van der Waals surface area (Å²) in [6, 6.07) is 0. The van der Waals surface area contributed by atoms with Gasteiger partial charge < -0.3 is 0 Å². The summed E-state index contributed by atoms with van der Waals surface area (Å²) in [5.41, 5.74) is 0. The Hall–Kier alpha value is 0.500. The molecule has 276 valence electrons. The van der Waals surface area contributed by atoms with Crippen LogP contribution in [0.3, 0.4) is 0 Å². The number of hydrogen-bond acceptors (Lipinski definition) is 8. The second-order valence-electron chi connectivity index (χ2n) is 14.6. The molecule has 0 heterocycles. The van der Waals surface area contributed by atoms with E-state index >= 15 is 0 Å². The van der Waals surface area contributed by atoms with Crippen molar-refractivity contribution in [1.29, 1.82) is 0 Å². The van der Waals surface area contributed by atoms with Crippen molar-refractivity contribution in [3.05, 3.63) is 0 Å². The fourth-order valence-corrected chi connectivity index (χ4v) is 18.4. The second-order valence-corrected chi connectivity index (χ2v) is 24.9. The molecule has 0 aromatic heterocycles. The molecule has 0 aliphatic heterocycles. The fraction of sp³-hybridized carbons (Fsp3) is 1.00. The van der Waals surface area contributed by atoms with Crippen molar-refractivity contribution in [2.75, 3.05) is 12.3 Å². The summed E-state index contributed by atoms with van der Waals surface area (Å²) < 4.78 is 136. The number of rotatable bonds is 16. The third-order valence-electron chi connectivity index (χ3n) is 12.6. The minimum atomic E-state index is -4.19. The van der Waals surface area contributed by atoms with Crippen LogP contribution in [0.25, 0.3) is 0 Å². The third kappa shape index (κ3) is 9.12. The molecule has 10 unspecified atom stereocenters. The van der Waals surface area contributed by atoms with Crippen LogP contribution < -0.4 is 0 Å². The zero-order valence-electron chi connectivity index (χ0n) is 27.3. The Morgan fingerprint density at radius 3 is 0.872 bits per heavy atom. The van der Waals surface area contributed by atoms with Gasteiger partial charge in [-0.25, -0.2) is 0 Å². The molecule has 12 nitrogen and oxygen atoms in total. The fourth-order valence-electron chi connectivity index (χ4n) is 10.1. The summed E-state index contributed by atoms with van der Waals surface area (Å²) >= 11 is 0. The molecule has 0 bridgehead atoms. The summed E-state index contributed by atoms with van der Waals surface area (Å²) in [5.74, 6) is 0.0252.